The van der Waals surface area contributed by atoms with E-state index in [9.17, 15) is 31.5 Å². The summed E-state index contributed by atoms with van der Waals surface area (Å²) in [5.41, 5.74) is -2.28. The van der Waals surface area contributed by atoms with E-state index in [2.05, 4.69) is 10.0 Å². The lowest BCUT2D eigenvalue weighted by Gasteiger charge is -2.35. The van der Waals surface area contributed by atoms with Gasteiger partial charge in [-0.3, -0.25) is 4.79 Å². The molecule has 0 saturated heterocycles. The summed E-state index contributed by atoms with van der Waals surface area (Å²) in [7, 11) is -3.58. The summed E-state index contributed by atoms with van der Waals surface area (Å²) in [4.78, 5) is 12.6. The standard InChI is InChI=1S/C26H31F3N2O4S/c27-26(28,29)25(33,17-19-4-2-1-3-5-19)20-8-10-21(11-9-20)30-24(32)16-18-6-14-23(15-7-18)36(34,35)31-22-12-13-22/h6-11,14-15,19,22,31,33H,1-5,12-13,16-17H2,(H,30,32). The van der Waals surface area contributed by atoms with Gasteiger partial charge in [0.15, 0.2) is 5.60 Å². The van der Waals surface area contributed by atoms with Crippen molar-refractivity contribution in [2.45, 2.75) is 80.5 Å². The van der Waals surface area contributed by atoms with Gasteiger partial charge in [0.1, 0.15) is 0 Å². The number of nitrogens with one attached hydrogen (secondary N) is 2. The minimum absolute atomic E-state index is 0.00812. The summed E-state index contributed by atoms with van der Waals surface area (Å²) < 4.78 is 68.8. The van der Waals surface area contributed by atoms with Gasteiger partial charge in [-0.1, -0.05) is 56.4 Å². The van der Waals surface area contributed by atoms with Crippen LogP contribution in [0.4, 0.5) is 18.9 Å². The first-order valence-electron chi connectivity index (χ1n) is 12.3. The quantitative estimate of drug-likeness (QED) is 0.429. The number of carbonyl (C=O) groups excluding carboxylic acids is 1. The largest absolute Gasteiger partial charge is 0.421 e. The second-order valence-electron chi connectivity index (χ2n) is 9.91. The molecule has 1 atom stereocenters. The predicted molar refractivity (Wildman–Crippen MR) is 130 cm³/mol. The van der Waals surface area contributed by atoms with Crippen LogP contribution < -0.4 is 10.0 Å². The number of sulfonamides is 1. The Morgan fingerprint density at radius 2 is 1.53 bits per heavy atom. The maximum absolute atomic E-state index is 13.9. The van der Waals surface area contributed by atoms with Gasteiger partial charge >= 0.3 is 6.18 Å². The fourth-order valence-electron chi connectivity index (χ4n) is 4.70. The fraction of sp³-hybridized carbons (Fsp3) is 0.500. The van der Waals surface area contributed by atoms with E-state index in [0.29, 0.717) is 24.1 Å². The number of rotatable bonds is 9. The van der Waals surface area contributed by atoms with Crippen molar-refractivity contribution in [2.24, 2.45) is 5.92 Å². The Labute approximate surface area is 209 Å². The van der Waals surface area contributed by atoms with Gasteiger partial charge in [-0.2, -0.15) is 13.2 Å². The number of hydrogen-bond acceptors (Lipinski definition) is 4. The maximum Gasteiger partial charge on any atom is 0.421 e. The van der Waals surface area contributed by atoms with Crippen molar-refractivity contribution in [1.82, 2.24) is 4.72 Å². The third-order valence-electron chi connectivity index (χ3n) is 6.92. The first-order chi connectivity index (χ1) is 17.0. The van der Waals surface area contributed by atoms with Gasteiger partial charge < -0.3 is 10.4 Å². The Morgan fingerprint density at radius 3 is 2.08 bits per heavy atom. The molecule has 196 valence electrons. The van der Waals surface area contributed by atoms with Crippen LogP contribution >= 0.6 is 0 Å². The monoisotopic (exact) mass is 524 g/mol. The van der Waals surface area contributed by atoms with Crippen molar-refractivity contribution in [3.05, 3.63) is 59.7 Å². The molecule has 0 bridgehead atoms. The van der Waals surface area contributed by atoms with E-state index in [0.717, 1.165) is 32.1 Å². The molecule has 6 nitrogen and oxygen atoms in total. The fourth-order valence-corrected chi connectivity index (χ4v) is 6.01. The molecule has 1 unspecified atom stereocenters. The van der Waals surface area contributed by atoms with Crippen LogP contribution in [-0.2, 0) is 26.8 Å². The molecule has 2 saturated carbocycles. The number of benzene rings is 2. The molecule has 0 aliphatic heterocycles. The van der Waals surface area contributed by atoms with Gasteiger partial charge in [-0.05, 0) is 60.6 Å². The van der Waals surface area contributed by atoms with Gasteiger partial charge in [-0.15, -0.1) is 0 Å². The first kappa shape index (κ1) is 26.6. The molecule has 2 aliphatic carbocycles. The first-order valence-corrected chi connectivity index (χ1v) is 13.8. The normalized spacial score (nSPS) is 19.0. The van der Waals surface area contributed by atoms with Crippen LogP contribution in [-0.4, -0.2) is 31.6 Å². The topological polar surface area (TPSA) is 95.5 Å². The van der Waals surface area contributed by atoms with Crippen LogP contribution in [0.1, 0.15) is 62.5 Å². The third kappa shape index (κ3) is 6.46. The van der Waals surface area contributed by atoms with E-state index in [1.54, 1.807) is 12.1 Å². The van der Waals surface area contributed by atoms with E-state index in [1.165, 1.54) is 36.4 Å². The SMILES string of the molecule is O=C(Cc1ccc(S(=O)(=O)NC2CC2)cc1)Nc1ccc(C(O)(CC2CCCCC2)C(F)(F)F)cc1. The molecular formula is C26H31F3N2O4S. The molecule has 2 aromatic carbocycles. The predicted octanol–water partition coefficient (Wildman–Crippen LogP) is 5.03. The van der Waals surface area contributed by atoms with E-state index in [1.807, 2.05) is 0 Å². The molecule has 0 aromatic heterocycles. The van der Waals surface area contributed by atoms with Crippen LogP contribution in [0.5, 0.6) is 0 Å². The summed E-state index contributed by atoms with van der Waals surface area (Å²) in [6.07, 6.45) is 0.546. The maximum atomic E-state index is 13.9. The average Bonchev–Trinajstić information content (AvgIpc) is 3.63. The zero-order valence-corrected chi connectivity index (χ0v) is 20.7. The van der Waals surface area contributed by atoms with Crippen molar-refractivity contribution >= 4 is 21.6 Å². The molecular weight excluding hydrogens is 493 g/mol. The molecule has 0 heterocycles. The number of carbonyl (C=O) groups is 1. The molecule has 3 N–H and O–H groups in total. The molecule has 2 aliphatic rings. The molecule has 4 rings (SSSR count). The van der Waals surface area contributed by atoms with Gasteiger partial charge in [0, 0.05) is 11.7 Å². The molecule has 0 spiro atoms. The van der Waals surface area contributed by atoms with Gasteiger partial charge in [0.05, 0.1) is 11.3 Å². The third-order valence-corrected chi connectivity index (χ3v) is 8.46. The zero-order chi connectivity index (χ0) is 26.0. The highest BCUT2D eigenvalue weighted by molar-refractivity contribution is 7.89. The van der Waals surface area contributed by atoms with E-state index >= 15 is 0 Å². The number of anilines is 1. The highest BCUT2D eigenvalue weighted by atomic mass is 32.2. The van der Waals surface area contributed by atoms with Gasteiger partial charge in [-0.25, -0.2) is 13.1 Å². The Morgan fingerprint density at radius 1 is 0.917 bits per heavy atom. The van der Waals surface area contributed by atoms with Crippen LogP contribution in [0.15, 0.2) is 53.4 Å². The molecule has 2 aromatic rings. The number of amides is 1. The van der Waals surface area contributed by atoms with Crippen molar-refractivity contribution in [3.63, 3.8) is 0 Å². The molecule has 0 radical (unpaired) electrons. The minimum atomic E-state index is -4.82. The Balaban J connectivity index is 1.38. The van der Waals surface area contributed by atoms with E-state index < -0.39 is 27.7 Å². The summed E-state index contributed by atoms with van der Waals surface area (Å²) >= 11 is 0. The highest BCUT2D eigenvalue weighted by Crippen LogP contribution is 2.46. The molecule has 2 fully saturated rings. The number of alkyl halides is 3. The van der Waals surface area contributed by atoms with E-state index in [-0.39, 0.29) is 35.3 Å². The lowest BCUT2D eigenvalue weighted by atomic mass is 9.77. The van der Waals surface area contributed by atoms with Crippen LogP contribution in [0.2, 0.25) is 0 Å². The Bertz CT molecular complexity index is 1160. The van der Waals surface area contributed by atoms with Crippen molar-refractivity contribution < 1.29 is 31.5 Å². The summed E-state index contributed by atoms with van der Waals surface area (Å²) in [6.45, 7) is 0. The Hall–Kier alpha value is -2.43. The van der Waals surface area contributed by atoms with Gasteiger partial charge in [0.2, 0.25) is 15.9 Å². The summed E-state index contributed by atoms with van der Waals surface area (Å²) in [6, 6.07) is 11.1. The summed E-state index contributed by atoms with van der Waals surface area (Å²) in [5, 5.41) is 13.3. The van der Waals surface area contributed by atoms with Crippen LogP contribution in [0, 0.1) is 5.92 Å². The number of halogens is 3. The summed E-state index contributed by atoms with van der Waals surface area (Å²) in [5.74, 6) is -0.585. The lowest BCUT2D eigenvalue weighted by Crippen LogP contribution is -2.44. The van der Waals surface area contributed by atoms with Crippen LogP contribution in [0.25, 0.3) is 0 Å². The Kier molecular flexibility index (Phi) is 7.78. The van der Waals surface area contributed by atoms with Crippen LogP contribution in [0.3, 0.4) is 0 Å². The van der Waals surface area contributed by atoms with Gasteiger partial charge in [0.25, 0.3) is 0 Å². The number of hydrogen-bond donors (Lipinski definition) is 3. The lowest BCUT2D eigenvalue weighted by molar-refractivity contribution is -0.273. The zero-order valence-electron chi connectivity index (χ0n) is 19.9. The molecule has 1 amide bonds. The minimum Gasteiger partial charge on any atom is -0.376 e. The van der Waals surface area contributed by atoms with E-state index in [4.69, 9.17) is 0 Å². The average molecular weight is 525 g/mol. The highest BCUT2D eigenvalue weighted by Gasteiger charge is 2.55. The van der Waals surface area contributed by atoms with Crippen molar-refractivity contribution in [1.29, 1.82) is 0 Å². The molecule has 36 heavy (non-hydrogen) atoms. The second kappa shape index (κ2) is 10.5. The van der Waals surface area contributed by atoms with Crippen molar-refractivity contribution in [3.8, 4) is 0 Å². The smallest absolute Gasteiger partial charge is 0.376 e. The number of aliphatic hydroxyl groups is 1. The van der Waals surface area contributed by atoms with Crippen molar-refractivity contribution in [2.75, 3.05) is 5.32 Å². The second-order valence-corrected chi connectivity index (χ2v) is 11.6. The molecule has 10 heteroatoms.